The first-order chi connectivity index (χ1) is 10.2. The van der Waals surface area contributed by atoms with E-state index >= 15 is 0 Å². The van der Waals surface area contributed by atoms with Gasteiger partial charge in [-0.05, 0) is 25.0 Å². The van der Waals surface area contributed by atoms with Crippen molar-refractivity contribution in [3.8, 4) is 6.07 Å². The number of carbonyl (C=O) groups is 1. The average Bonchev–Trinajstić information content (AvgIpc) is 2.54. The summed E-state index contributed by atoms with van der Waals surface area (Å²) in [5.41, 5.74) is 1.21. The van der Waals surface area contributed by atoms with Gasteiger partial charge in [0.15, 0.2) is 5.78 Å². The maximum Gasteiger partial charge on any atom is 0.176 e. The van der Waals surface area contributed by atoms with Gasteiger partial charge < -0.3 is 9.84 Å². The number of Topliss-reactive ketones (excluding diaryl/α,β-unsaturated/α-hetero) is 1. The zero-order valence-electron chi connectivity index (χ0n) is 12.0. The van der Waals surface area contributed by atoms with Gasteiger partial charge in [0.25, 0.3) is 0 Å². The van der Waals surface area contributed by atoms with Gasteiger partial charge in [0.2, 0.25) is 0 Å². The van der Waals surface area contributed by atoms with Crippen LogP contribution in [0.15, 0.2) is 24.3 Å². The number of ether oxygens (including phenoxy) is 1. The first-order valence-corrected chi connectivity index (χ1v) is 7.21. The van der Waals surface area contributed by atoms with Crippen LogP contribution in [0.25, 0.3) is 0 Å². The number of benzene rings is 1. The van der Waals surface area contributed by atoms with Crippen LogP contribution in [0.2, 0.25) is 0 Å². The summed E-state index contributed by atoms with van der Waals surface area (Å²) in [6, 6.07) is 8.79. The number of piperidine rings is 1. The summed E-state index contributed by atoms with van der Waals surface area (Å²) in [7, 11) is 0. The first kappa shape index (κ1) is 15.6. The number of hydrogen-bond donors (Lipinski definition) is 1. The van der Waals surface area contributed by atoms with Gasteiger partial charge >= 0.3 is 0 Å². The largest absolute Gasteiger partial charge is 0.394 e. The lowest BCUT2D eigenvalue weighted by Gasteiger charge is -2.31. The number of aliphatic hydroxyl groups is 1. The molecule has 0 amide bonds. The Balaban J connectivity index is 1.80. The molecule has 0 bridgehead atoms. The molecule has 0 aliphatic carbocycles. The average molecular weight is 288 g/mol. The molecule has 112 valence electrons. The second kappa shape index (κ2) is 7.89. The first-order valence-electron chi connectivity index (χ1n) is 7.21. The van der Waals surface area contributed by atoms with Crippen molar-refractivity contribution in [1.29, 1.82) is 5.26 Å². The Morgan fingerprint density at radius 1 is 1.33 bits per heavy atom. The summed E-state index contributed by atoms with van der Waals surface area (Å²) in [5, 5.41) is 17.5. The smallest absolute Gasteiger partial charge is 0.176 e. The Morgan fingerprint density at radius 3 is 2.57 bits per heavy atom. The highest BCUT2D eigenvalue weighted by molar-refractivity contribution is 5.97. The van der Waals surface area contributed by atoms with E-state index < -0.39 is 0 Å². The molecule has 21 heavy (non-hydrogen) atoms. The number of aliphatic hydroxyl groups excluding tert-OH is 1. The van der Waals surface area contributed by atoms with Crippen molar-refractivity contribution in [1.82, 2.24) is 4.90 Å². The van der Waals surface area contributed by atoms with Crippen LogP contribution in [-0.2, 0) is 4.74 Å². The Kier molecular flexibility index (Phi) is 5.88. The quantitative estimate of drug-likeness (QED) is 0.797. The van der Waals surface area contributed by atoms with Gasteiger partial charge in [-0.1, -0.05) is 12.1 Å². The molecule has 0 spiro atoms. The van der Waals surface area contributed by atoms with Crippen LogP contribution < -0.4 is 0 Å². The molecular formula is C16H20N2O3. The highest BCUT2D eigenvalue weighted by Crippen LogP contribution is 2.14. The number of likely N-dealkylation sites (tertiary alicyclic amines) is 1. The van der Waals surface area contributed by atoms with Gasteiger partial charge in [0, 0.05) is 18.7 Å². The molecule has 0 saturated carbocycles. The van der Waals surface area contributed by atoms with Crippen LogP contribution in [0.5, 0.6) is 0 Å². The van der Waals surface area contributed by atoms with Gasteiger partial charge in [-0.2, -0.15) is 5.26 Å². The van der Waals surface area contributed by atoms with Gasteiger partial charge in [-0.25, -0.2) is 0 Å². The summed E-state index contributed by atoms with van der Waals surface area (Å²) < 4.78 is 5.50. The van der Waals surface area contributed by atoms with Crippen LogP contribution in [-0.4, -0.2) is 54.7 Å². The standard InChI is InChI=1S/C16H20N2O3/c17-11-13-1-3-14(4-2-13)16(20)12-18-7-5-15(6-8-18)21-10-9-19/h1-4,15,19H,5-10,12H2. The van der Waals surface area contributed by atoms with E-state index in [4.69, 9.17) is 15.1 Å². The van der Waals surface area contributed by atoms with E-state index in [0.717, 1.165) is 25.9 Å². The molecule has 1 heterocycles. The summed E-state index contributed by atoms with van der Waals surface area (Å²) in [6.07, 6.45) is 1.97. The van der Waals surface area contributed by atoms with Crippen molar-refractivity contribution < 1.29 is 14.6 Å². The minimum absolute atomic E-state index is 0.0530. The summed E-state index contributed by atoms with van der Waals surface area (Å²) in [4.78, 5) is 14.3. The third-order valence-electron chi connectivity index (χ3n) is 3.68. The van der Waals surface area contributed by atoms with Crippen molar-refractivity contribution in [2.45, 2.75) is 18.9 Å². The van der Waals surface area contributed by atoms with Crippen molar-refractivity contribution in [2.24, 2.45) is 0 Å². The molecule has 0 radical (unpaired) electrons. The van der Waals surface area contributed by atoms with E-state index in [2.05, 4.69) is 4.90 Å². The number of nitrogens with zero attached hydrogens (tertiary/aromatic N) is 2. The lowest BCUT2D eigenvalue weighted by atomic mass is 10.0. The van der Waals surface area contributed by atoms with E-state index in [1.165, 1.54) is 0 Å². The van der Waals surface area contributed by atoms with E-state index in [0.29, 0.717) is 24.3 Å². The lowest BCUT2D eigenvalue weighted by Crippen LogP contribution is -2.40. The molecule has 1 aromatic rings. The number of ketones is 1. The van der Waals surface area contributed by atoms with Gasteiger partial charge in [0.05, 0.1) is 37.5 Å². The van der Waals surface area contributed by atoms with E-state index in [1.807, 2.05) is 6.07 Å². The molecule has 5 heteroatoms. The van der Waals surface area contributed by atoms with E-state index in [9.17, 15) is 4.79 Å². The predicted molar refractivity (Wildman–Crippen MR) is 78.0 cm³/mol. The zero-order valence-corrected chi connectivity index (χ0v) is 12.0. The predicted octanol–water partition coefficient (Wildman–Crippen LogP) is 1.21. The summed E-state index contributed by atoms with van der Waals surface area (Å²) in [5.74, 6) is 0.0780. The van der Waals surface area contributed by atoms with Crippen molar-refractivity contribution in [2.75, 3.05) is 32.8 Å². The third-order valence-corrected chi connectivity index (χ3v) is 3.68. The highest BCUT2D eigenvalue weighted by Gasteiger charge is 2.21. The minimum atomic E-state index is 0.0530. The summed E-state index contributed by atoms with van der Waals surface area (Å²) >= 11 is 0. The highest BCUT2D eigenvalue weighted by atomic mass is 16.5. The zero-order chi connectivity index (χ0) is 15.1. The van der Waals surface area contributed by atoms with Crippen LogP contribution in [0.1, 0.15) is 28.8 Å². The molecule has 1 aliphatic rings. The van der Waals surface area contributed by atoms with E-state index in [1.54, 1.807) is 24.3 Å². The maximum atomic E-state index is 12.2. The summed E-state index contributed by atoms with van der Waals surface area (Å²) in [6.45, 7) is 2.50. The fourth-order valence-corrected chi connectivity index (χ4v) is 2.48. The number of rotatable bonds is 6. The second-order valence-electron chi connectivity index (χ2n) is 5.18. The van der Waals surface area contributed by atoms with Crippen LogP contribution >= 0.6 is 0 Å². The fraction of sp³-hybridized carbons (Fsp3) is 0.500. The SMILES string of the molecule is N#Cc1ccc(C(=O)CN2CCC(OCCO)CC2)cc1. The second-order valence-corrected chi connectivity index (χ2v) is 5.18. The molecular weight excluding hydrogens is 268 g/mol. The van der Waals surface area contributed by atoms with Crippen LogP contribution in [0, 0.1) is 11.3 Å². The topological polar surface area (TPSA) is 73.6 Å². The molecule has 2 rings (SSSR count). The Bertz CT molecular complexity index is 499. The molecule has 0 atom stereocenters. The van der Waals surface area contributed by atoms with E-state index in [-0.39, 0.29) is 18.5 Å². The third kappa shape index (κ3) is 4.64. The number of carbonyl (C=O) groups excluding carboxylic acids is 1. The minimum Gasteiger partial charge on any atom is -0.394 e. The maximum absolute atomic E-state index is 12.2. The number of hydrogen-bond acceptors (Lipinski definition) is 5. The van der Waals surface area contributed by atoms with Gasteiger partial charge in [0.1, 0.15) is 0 Å². The Morgan fingerprint density at radius 2 is 2.00 bits per heavy atom. The fourth-order valence-electron chi connectivity index (χ4n) is 2.48. The van der Waals surface area contributed by atoms with Crippen molar-refractivity contribution in [3.63, 3.8) is 0 Å². The molecule has 1 aliphatic heterocycles. The molecule has 1 fully saturated rings. The molecule has 1 saturated heterocycles. The molecule has 1 aromatic carbocycles. The molecule has 5 nitrogen and oxygen atoms in total. The Labute approximate surface area is 124 Å². The molecule has 0 unspecified atom stereocenters. The van der Waals surface area contributed by atoms with Gasteiger partial charge in [-0.15, -0.1) is 0 Å². The normalized spacial score (nSPS) is 16.6. The number of nitriles is 1. The molecule has 1 N–H and O–H groups in total. The van der Waals surface area contributed by atoms with Crippen molar-refractivity contribution >= 4 is 5.78 Å². The van der Waals surface area contributed by atoms with Crippen LogP contribution in [0.4, 0.5) is 0 Å². The Hall–Kier alpha value is -1.74. The van der Waals surface area contributed by atoms with Gasteiger partial charge in [-0.3, -0.25) is 9.69 Å². The van der Waals surface area contributed by atoms with Crippen molar-refractivity contribution in [3.05, 3.63) is 35.4 Å². The van der Waals surface area contributed by atoms with Crippen LogP contribution in [0.3, 0.4) is 0 Å². The monoisotopic (exact) mass is 288 g/mol. The molecule has 0 aromatic heterocycles. The lowest BCUT2D eigenvalue weighted by molar-refractivity contribution is -0.00689.